The highest BCUT2D eigenvalue weighted by molar-refractivity contribution is 5.77. The first kappa shape index (κ1) is 10.4. The van der Waals surface area contributed by atoms with Crippen molar-refractivity contribution in [2.24, 2.45) is 17.4 Å². The predicted octanol–water partition coefficient (Wildman–Crippen LogP) is -0.955. The molecule has 1 atom stereocenters. The Kier molecular flexibility index (Phi) is 4.81. The zero-order chi connectivity index (χ0) is 8.85. The highest BCUT2D eigenvalue weighted by Gasteiger charge is 2.07. The van der Waals surface area contributed by atoms with E-state index in [1.54, 1.807) is 0 Å². The molecule has 0 rings (SSSR count). The van der Waals surface area contributed by atoms with Crippen molar-refractivity contribution < 1.29 is 4.79 Å². The summed E-state index contributed by atoms with van der Waals surface area (Å²) in [5.74, 6) is 0.231. The van der Waals surface area contributed by atoms with Gasteiger partial charge in [-0.15, -0.1) is 0 Å². The van der Waals surface area contributed by atoms with Crippen molar-refractivity contribution in [2.45, 2.75) is 19.9 Å². The summed E-state index contributed by atoms with van der Waals surface area (Å²) in [5.41, 5.74) is 10.7. The third-order valence-electron chi connectivity index (χ3n) is 1.58. The molecule has 4 nitrogen and oxygen atoms in total. The Bertz CT molecular complexity index is 125. The third kappa shape index (κ3) is 4.75. The van der Waals surface area contributed by atoms with Gasteiger partial charge in [-0.1, -0.05) is 13.8 Å². The quantitative estimate of drug-likeness (QED) is 0.494. The fourth-order valence-corrected chi connectivity index (χ4v) is 0.540. The summed E-state index contributed by atoms with van der Waals surface area (Å²) < 4.78 is 0. The lowest BCUT2D eigenvalue weighted by atomic mass is 10.1. The van der Waals surface area contributed by atoms with Gasteiger partial charge in [-0.2, -0.15) is 0 Å². The molecule has 1 unspecified atom stereocenters. The van der Waals surface area contributed by atoms with Gasteiger partial charge in [0, 0.05) is 12.6 Å². The molecule has 0 heterocycles. The fraction of sp³-hybridized carbons (Fsp3) is 0.857. The lowest BCUT2D eigenvalue weighted by Gasteiger charge is -2.15. The molecule has 0 aromatic heterocycles. The molecule has 0 saturated heterocycles. The van der Waals surface area contributed by atoms with Gasteiger partial charge in [0.05, 0.1) is 6.54 Å². The first-order valence-electron chi connectivity index (χ1n) is 3.80. The second-order valence-electron chi connectivity index (χ2n) is 2.92. The molecular formula is C7H17N3O. The third-order valence-corrected chi connectivity index (χ3v) is 1.58. The molecule has 1 amide bonds. The Balaban J connectivity index is 3.45. The molecule has 66 valence electrons. The second-order valence-corrected chi connectivity index (χ2v) is 2.92. The van der Waals surface area contributed by atoms with Crippen LogP contribution < -0.4 is 16.8 Å². The number of carbonyl (C=O) groups excluding carboxylic acids is 1. The lowest BCUT2D eigenvalue weighted by Crippen LogP contribution is -2.42. The molecule has 0 aliphatic rings. The molecule has 11 heavy (non-hydrogen) atoms. The Morgan fingerprint density at radius 3 is 2.45 bits per heavy atom. The summed E-state index contributed by atoms with van der Waals surface area (Å²) in [7, 11) is 0. The van der Waals surface area contributed by atoms with Gasteiger partial charge in [0.15, 0.2) is 0 Å². The minimum atomic E-state index is -0.152. The summed E-state index contributed by atoms with van der Waals surface area (Å²) in [4.78, 5) is 10.6. The van der Waals surface area contributed by atoms with Crippen LogP contribution >= 0.6 is 0 Å². The van der Waals surface area contributed by atoms with E-state index in [1.807, 2.05) is 13.8 Å². The molecule has 0 fully saturated rings. The first-order valence-corrected chi connectivity index (χ1v) is 3.80. The molecule has 5 N–H and O–H groups in total. The summed E-state index contributed by atoms with van der Waals surface area (Å²) in [5, 5.41) is 2.62. The second kappa shape index (κ2) is 5.09. The van der Waals surface area contributed by atoms with Crippen LogP contribution in [0.15, 0.2) is 0 Å². The Morgan fingerprint density at radius 2 is 2.09 bits per heavy atom. The van der Waals surface area contributed by atoms with E-state index < -0.39 is 0 Å². The van der Waals surface area contributed by atoms with Gasteiger partial charge >= 0.3 is 0 Å². The molecule has 0 spiro atoms. The Morgan fingerprint density at radius 1 is 1.55 bits per heavy atom. The van der Waals surface area contributed by atoms with Crippen LogP contribution in [0.5, 0.6) is 0 Å². The number of carbonyl (C=O) groups is 1. The standard InChI is InChI=1S/C7H17N3O/c1-5(2)6(9)4-10-7(11)3-8/h5-6H,3-4,8-9H2,1-2H3,(H,10,11). The number of hydrogen-bond acceptors (Lipinski definition) is 3. The van der Waals surface area contributed by atoms with Gasteiger partial charge in [0.1, 0.15) is 0 Å². The minimum Gasteiger partial charge on any atom is -0.353 e. The van der Waals surface area contributed by atoms with Crippen LogP contribution in [0.1, 0.15) is 13.8 Å². The molecule has 0 aromatic carbocycles. The Labute approximate surface area is 67.3 Å². The number of hydrogen-bond donors (Lipinski definition) is 3. The average Bonchev–Trinajstić information content (AvgIpc) is 1.99. The van der Waals surface area contributed by atoms with E-state index in [-0.39, 0.29) is 18.5 Å². The maximum atomic E-state index is 10.6. The van der Waals surface area contributed by atoms with Gasteiger partial charge in [-0.25, -0.2) is 0 Å². The monoisotopic (exact) mass is 159 g/mol. The summed E-state index contributed by atoms with van der Waals surface area (Å²) >= 11 is 0. The van der Waals surface area contributed by atoms with Crippen molar-refractivity contribution in [1.29, 1.82) is 0 Å². The van der Waals surface area contributed by atoms with Gasteiger partial charge in [0.25, 0.3) is 0 Å². The smallest absolute Gasteiger partial charge is 0.233 e. The highest BCUT2D eigenvalue weighted by Crippen LogP contribution is 1.95. The SMILES string of the molecule is CC(C)C(N)CNC(=O)CN. The molecule has 4 heteroatoms. The van der Waals surface area contributed by atoms with E-state index in [1.165, 1.54) is 0 Å². The minimum absolute atomic E-state index is 0.0190. The molecule has 0 saturated carbocycles. The van der Waals surface area contributed by atoms with Gasteiger partial charge in [-0.05, 0) is 5.92 Å². The maximum absolute atomic E-state index is 10.6. The van der Waals surface area contributed by atoms with Gasteiger partial charge < -0.3 is 16.8 Å². The van der Waals surface area contributed by atoms with E-state index in [2.05, 4.69) is 5.32 Å². The van der Waals surface area contributed by atoms with E-state index in [4.69, 9.17) is 11.5 Å². The van der Waals surface area contributed by atoms with Gasteiger partial charge in [0.2, 0.25) is 5.91 Å². The molecule has 0 radical (unpaired) electrons. The first-order chi connectivity index (χ1) is 5.07. The van der Waals surface area contributed by atoms with Crippen molar-refractivity contribution in [3.8, 4) is 0 Å². The molecule has 0 aliphatic carbocycles. The van der Waals surface area contributed by atoms with E-state index in [0.717, 1.165) is 0 Å². The van der Waals surface area contributed by atoms with E-state index in [9.17, 15) is 4.79 Å². The molecule has 0 aliphatic heterocycles. The van der Waals surface area contributed by atoms with Crippen molar-refractivity contribution >= 4 is 5.91 Å². The van der Waals surface area contributed by atoms with Crippen LogP contribution in [0, 0.1) is 5.92 Å². The number of rotatable bonds is 4. The molecule has 0 bridgehead atoms. The normalized spacial score (nSPS) is 13.2. The van der Waals surface area contributed by atoms with Crippen LogP contribution in [0.25, 0.3) is 0 Å². The summed E-state index contributed by atoms with van der Waals surface area (Å²) in [6, 6.07) is 0.0190. The van der Waals surface area contributed by atoms with Crippen LogP contribution in [-0.4, -0.2) is 25.0 Å². The zero-order valence-electron chi connectivity index (χ0n) is 7.13. The summed E-state index contributed by atoms with van der Waals surface area (Å²) in [6.07, 6.45) is 0. The predicted molar refractivity (Wildman–Crippen MR) is 44.9 cm³/mol. The zero-order valence-corrected chi connectivity index (χ0v) is 7.13. The highest BCUT2D eigenvalue weighted by atomic mass is 16.1. The maximum Gasteiger partial charge on any atom is 0.233 e. The fourth-order valence-electron chi connectivity index (χ4n) is 0.540. The molecular weight excluding hydrogens is 142 g/mol. The van der Waals surface area contributed by atoms with Crippen molar-refractivity contribution in [2.75, 3.05) is 13.1 Å². The van der Waals surface area contributed by atoms with Crippen LogP contribution in [0.4, 0.5) is 0 Å². The van der Waals surface area contributed by atoms with Crippen molar-refractivity contribution in [3.63, 3.8) is 0 Å². The van der Waals surface area contributed by atoms with Gasteiger partial charge in [-0.3, -0.25) is 4.79 Å². The van der Waals surface area contributed by atoms with E-state index in [0.29, 0.717) is 12.5 Å². The van der Waals surface area contributed by atoms with E-state index >= 15 is 0 Å². The largest absolute Gasteiger partial charge is 0.353 e. The van der Waals surface area contributed by atoms with Crippen molar-refractivity contribution in [3.05, 3.63) is 0 Å². The molecule has 0 aromatic rings. The van der Waals surface area contributed by atoms with Crippen LogP contribution in [0.2, 0.25) is 0 Å². The summed E-state index contributed by atoms with van der Waals surface area (Å²) in [6.45, 7) is 4.57. The number of amides is 1. The topological polar surface area (TPSA) is 81.1 Å². The lowest BCUT2D eigenvalue weighted by molar-refractivity contribution is -0.119. The number of nitrogens with one attached hydrogen (secondary N) is 1. The Hall–Kier alpha value is -0.610. The number of nitrogens with two attached hydrogens (primary N) is 2. The van der Waals surface area contributed by atoms with Crippen molar-refractivity contribution in [1.82, 2.24) is 5.32 Å². The average molecular weight is 159 g/mol. The van der Waals surface area contributed by atoms with Crippen LogP contribution in [-0.2, 0) is 4.79 Å². The van der Waals surface area contributed by atoms with Crippen LogP contribution in [0.3, 0.4) is 0 Å².